The fourth-order valence-electron chi connectivity index (χ4n) is 2.00. The van der Waals surface area contributed by atoms with Crippen molar-refractivity contribution in [2.45, 2.75) is 6.92 Å². The molecule has 0 fully saturated rings. The minimum Gasteiger partial charge on any atom is -0.377 e. The molecule has 2 aromatic carbocycles. The molecular weight excluding hydrogens is 316 g/mol. The second kappa shape index (κ2) is 6.09. The van der Waals surface area contributed by atoms with Crippen LogP contribution in [0.1, 0.15) is 15.9 Å². The number of hydrogen-bond donors (Lipinski definition) is 1. The van der Waals surface area contributed by atoms with Crippen LogP contribution < -0.4 is 10.2 Å². The van der Waals surface area contributed by atoms with E-state index in [1.165, 1.54) is 5.56 Å². The van der Waals surface area contributed by atoms with Gasteiger partial charge in [-0.05, 0) is 42.8 Å². The van der Waals surface area contributed by atoms with E-state index in [2.05, 4.69) is 28.2 Å². The lowest BCUT2D eigenvalue weighted by atomic mass is 10.1. The third kappa shape index (κ3) is 3.39. The molecule has 2 aromatic rings. The van der Waals surface area contributed by atoms with Gasteiger partial charge in [0.1, 0.15) is 0 Å². The normalized spacial score (nSPS) is 10.2. The number of anilines is 2. The highest BCUT2D eigenvalue weighted by atomic mass is 79.9. The van der Waals surface area contributed by atoms with Gasteiger partial charge in [-0.3, -0.25) is 4.79 Å². The molecule has 0 saturated heterocycles. The average molecular weight is 333 g/mol. The summed E-state index contributed by atoms with van der Waals surface area (Å²) < 4.78 is 0.892. The molecule has 0 aliphatic heterocycles. The van der Waals surface area contributed by atoms with Crippen molar-refractivity contribution in [2.75, 3.05) is 24.3 Å². The molecule has 4 heteroatoms. The van der Waals surface area contributed by atoms with Gasteiger partial charge in [0.2, 0.25) is 0 Å². The predicted octanol–water partition coefficient (Wildman–Crippen LogP) is 4.08. The first-order valence-corrected chi connectivity index (χ1v) is 7.11. The largest absolute Gasteiger partial charge is 0.377 e. The average Bonchev–Trinajstić information content (AvgIpc) is 2.40. The number of carbonyl (C=O) groups is 1. The summed E-state index contributed by atoms with van der Waals surface area (Å²) in [5.74, 6) is -0.111. The van der Waals surface area contributed by atoms with Crippen LogP contribution in [0.3, 0.4) is 0 Å². The van der Waals surface area contributed by atoms with Crippen molar-refractivity contribution in [3.8, 4) is 0 Å². The van der Waals surface area contributed by atoms with Gasteiger partial charge in [0.05, 0.1) is 0 Å². The molecule has 0 radical (unpaired) electrons. The highest BCUT2D eigenvalue weighted by Crippen LogP contribution is 2.23. The molecule has 0 bridgehead atoms. The summed E-state index contributed by atoms with van der Waals surface area (Å²) in [5, 5.41) is 2.92. The number of halogens is 1. The molecule has 0 saturated carbocycles. The summed E-state index contributed by atoms with van der Waals surface area (Å²) in [6.45, 7) is 2.05. The van der Waals surface area contributed by atoms with E-state index in [-0.39, 0.29) is 5.91 Å². The molecule has 0 aromatic heterocycles. The zero-order chi connectivity index (χ0) is 14.7. The Labute approximate surface area is 127 Å². The Hall–Kier alpha value is -1.81. The summed E-state index contributed by atoms with van der Waals surface area (Å²) in [4.78, 5) is 14.2. The van der Waals surface area contributed by atoms with Crippen molar-refractivity contribution in [1.29, 1.82) is 0 Å². The van der Waals surface area contributed by atoms with E-state index in [9.17, 15) is 4.79 Å². The van der Waals surface area contributed by atoms with E-state index in [4.69, 9.17) is 0 Å². The van der Waals surface area contributed by atoms with Crippen molar-refractivity contribution >= 4 is 33.2 Å². The summed E-state index contributed by atoms with van der Waals surface area (Å²) in [5.41, 5.74) is 3.70. The lowest BCUT2D eigenvalue weighted by Gasteiger charge is -2.17. The van der Waals surface area contributed by atoms with Crippen LogP contribution in [-0.4, -0.2) is 20.0 Å². The van der Waals surface area contributed by atoms with Crippen LogP contribution in [0, 0.1) is 6.92 Å². The van der Waals surface area contributed by atoms with Gasteiger partial charge in [0.15, 0.2) is 0 Å². The molecule has 0 aliphatic rings. The van der Waals surface area contributed by atoms with Crippen LogP contribution in [0.15, 0.2) is 46.9 Å². The summed E-state index contributed by atoms with van der Waals surface area (Å²) in [7, 11) is 3.98. The number of nitrogens with zero attached hydrogens (tertiary/aromatic N) is 1. The van der Waals surface area contributed by atoms with E-state index in [1.807, 2.05) is 49.3 Å². The van der Waals surface area contributed by atoms with Gasteiger partial charge in [0.25, 0.3) is 5.91 Å². The molecule has 0 heterocycles. The SMILES string of the molecule is Cc1ccc(NC(=O)c2cccc(Br)c2)cc1N(C)C. The van der Waals surface area contributed by atoms with Crippen LogP contribution in [-0.2, 0) is 0 Å². The summed E-state index contributed by atoms with van der Waals surface area (Å²) in [6.07, 6.45) is 0. The first kappa shape index (κ1) is 14.6. The minimum absolute atomic E-state index is 0.111. The zero-order valence-corrected chi connectivity index (χ0v) is 13.4. The standard InChI is InChI=1S/C16H17BrN2O/c1-11-7-8-14(10-15(11)19(2)3)18-16(20)12-5-4-6-13(17)9-12/h4-10H,1-3H3,(H,18,20). The Balaban J connectivity index is 2.22. The Kier molecular flexibility index (Phi) is 4.45. The number of carbonyl (C=O) groups excluding carboxylic acids is 1. The van der Waals surface area contributed by atoms with Gasteiger partial charge in [0, 0.05) is 35.5 Å². The van der Waals surface area contributed by atoms with E-state index < -0.39 is 0 Å². The van der Waals surface area contributed by atoms with Gasteiger partial charge in [-0.1, -0.05) is 28.1 Å². The highest BCUT2D eigenvalue weighted by molar-refractivity contribution is 9.10. The third-order valence-electron chi connectivity index (χ3n) is 3.04. The second-order valence-corrected chi connectivity index (χ2v) is 5.78. The van der Waals surface area contributed by atoms with Gasteiger partial charge in [-0.2, -0.15) is 0 Å². The monoisotopic (exact) mass is 332 g/mol. The number of nitrogens with one attached hydrogen (secondary N) is 1. The maximum Gasteiger partial charge on any atom is 0.255 e. The molecule has 1 amide bonds. The minimum atomic E-state index is -0.111. The molecule has 104 valence electrons. The predicted molar refractivity (Wildman–Crippen MR) is 87.6 cm³/mol. The molecule has 2 rings (SSSR count). The smallest absolute Gasteiger partial charge is 0.255 e. The van der Waals surface area contributed by atoms with E-state index >= 15 is 0 Å². The van der Waals surface area contributed by atoms with Crippen LogP contribution in [0.25, 0.3) is 0 Å². The molecule has 3 nitrogen and oxygen atoms in total. The fraction of sp³-hybridized carbons (Fsp3) is 0.188. The Morgan fingerprint density at radius 3 is 2.55 bits per heavy atom. The van der Waals surface area contributed by atoms with E-state index in [0.717, 1.165) is 15.8 Å². The molecule has 1 N–H and O–H groups in total. The van der Waals surface area contributed by atoms with Crippen LogP contribution >= 0.6 is 15.9 Å². The Morgan fingerprint density at radius 1 is 1.15 bits per heavy atom. The van der Waals surface area contributed by atoms with Gasteiger partial charge >= 0.3 is 0 Å². The summed E-state index contributed by atoms with van der Waals surface area (Å²) >= 11 is 3.37. The van der Waals surface area contributed by atoms with Crippen molar-refractivity contribution in [2.24, 2.45) is 0 Å². The number of rotatable bonds is 3. The van der Waals surface area contributed by atoms with Crippen LogP contribution in [0.5, 0.6) is 0 Å². The van der Waals surface area contributed by atoms with Crippen molar-refractivity contribution in [3.05, 3.63) is 58.1 Å². The molecule has 0 spiro atoms. The van der Waals surface area contributed by atoms with Crippen molar-refractivity contribution in [1.82, 2.24) is 0 Å². The summed E-state index contributed by atoms with van der Waals surface area (Å²) in [6, 6.07) is 13.2. The fourth-order valence-corrected chi connectivity index (χ4v) is 2.40. The lowest BCUT2D eigenvalue weighted by molar-refractivity contribution is 0.102. The maximum absolute atomic E-state index is 12.2. The maximum atomic E-state index is 12.2. The van der Waals surface area contributed by atoms with Gasteiger partial charge in [-0.15, -0.1) is 0 Å². The Bertz CT molecular complexity index is 638. The molecule has 0 atom stereocenters. The third-order valence-corrected chi connectivity index (χ3v) is 3.53. The number of aryl methyl sites for hydroxylation is 1. The van der Waals surface area contributed by atoms with Crippen molar-refractivity contribution in [3.63, 3.8) is 0 Å². The lowest BCUT2D eigenvalue weighted by Crippen LogP contribution is -2.14. The van der Waals surface area contributed by atoms with Crippen LogP contribution in [0.2, 0.25) is 0 Å². The topological polar surface area (TPSA) is 32.3 Å². The van der Waals surface area contributed by atoms with E-state index in [1.54, 1.807) is 12.1 Å². The highest BCUT2D eigenvalue weighted by Gasteiger charge is 2.08. The first-order chi connectivity index (χ1) is 9.47. The number of amides is 1. The molecular formula is C16H17BrN2O. The van der Waals surface area contributed by atoms with E-state index in [0.29, 0.717) is 5.56 Å². The Morgan fingerprint density at radius 2 is 1.90 bits per heavy atom. The van der Waals surface area contributed by atoms with Gasteiger partial charge < -0.3 is 10.2 Å². The molecule has 0 unspecified atom stereocenters. The van der Waals surface area contributed by atoms with Crippen LogP contribution in [0.4, 0.5) is 11.4 Å². The first-order valence-electron chi connectivity index (χ1n) is 6.32. The number of hydrogen-bond acceptors (Lipinski definition) is 2. The molecule has 20 heavy (non-hydrogen) atoms. The van der Waals surface area contributed by atoms with Gasteiger partial charge in [-0.25, -0.2) is 0 Å². The van der Waals surface area contributed by atoms with Crippen molar-refractivity contribution < 1.29 is 4.79 Å². The zero-order valence-electron chi connectivity index (χ0n) is 11.8. The second-order valence-electron chi connectivity index (χ2n) is 4.86. The number of benzene rings is 2. The quantitative estimate of drug-likeness (QED) is 0.918. The molecule has 0 aliphatic carbocycles.